The van der Waals surface area contributed by atoms with Crippen LogP contribution in [0.3, 0.4) is 0 Å². The van der Waals surface area contributed by atoms with Crippen LogP contribution in [0.5, 0.6) is 0 Å². The average Bonchev–Trinajstić information content (AvgIpc) is 2.45. The maximum Gasteiger partial charge on any atom is 0.263 e. The first-order valence-electron chi connectivity index (χ1n) is 5.91. The number of nitriles is 1. The zero-order valence-electron chi connectivity index (χ0n) is 10.4. The fraction of sp³-hybridized carbons (Fsp3) is 0.133. The number of hydrogen-bond donors (Lipinski definition) is 1. The quantitative estimate of drug-likeness (QED) is 0.906. The fourth-order valence-corrected chi connectivity index (χ4v) is 1.82. The van der Waals surface area contributed by atoms with Crippen molar-refractivity contribution >= 4 is 5.69 Å². The number of nitrogens with zero attached hydrogens (tertiary/aromatic N) is 1. The van der Waals surface area contributed by atoms with E-state index in [4.69, 9.17) is 5.26 Å². The molecule has 102 valence electrons. The van der Waals surface area contributed by atoms with Gasteiger partial charge >= 0.3 is 0 Å². The first-order chi connectivity index (χ1) is 9.61. The molecule has 0 aliphatic rings. The minimum atomic E-state index is -2.53. The molecule has 2 aromatic rings. The molecule has 2 nitrogen and oxygen atoms in total. The Bertz CT molecular complexity index is 648. The monoisotopic (exact) mass is 276 g/mol. The van der Waals surface area contributed by atoms with E-state index in [1.165, 1.54) is 30.3 Å². The Hall–Kier alpha value is -2.48. The number of benzene rings is 2. The zero-order chi connectivity index (χ0) is 14.5. The van der Waals surface area contributed by atoms with Crippen molar-refractivity contribution in [3.05, 3.63) is 65.0 Å². The van der Waals surface area contributed by atoms with Gasteiger partial charge in [-0.25, -0.2) is 13.2 Å². The van der Waals surface area contributed by atoms with Gasteiger partial charge in [0.1, 0.15) is 17.4 Å². The van der Waals surface area contributed by atoms with Gasteiger partial charge in [-0.3, -0.25) is 0 Å². The molecule has 1 N–H and O–H groups in total. The molecule has 0 spiro atoms. The predicted molar refractivity (Wildman–Crippen MR) is 69.8 cm³/mol. The van der Waals surface area contributed by atoms with E-state index in [2.05, 4.69) is 5.32 Å². The summed E-state index contributed by atoms with van der Waals surface area (Å²) in [6.07, 6.45) is -2.53. The Morgan fingerprint density at radius 1 is 1.15 bits per heavy atom. The van der Waals surface area contributed by atoms with Crippen molar-refractivity contribution in [3.8, 4) is 6.07 Å². The van der Waals surface area contributed by atoms with Gasteiger partial charge in [0, 0.05) is 12.1 Å². The van der Waals surface area contributed by atoms with Crippen molar-refractivity contribution in [1.29, 1.82) is 5.26 Å². The molecule has 0 atom stereocenters. The normalized spacial score (nSPS) is 10.3. The summed E-state index contributed by atoms with van der Waals surface area (Å²) < 4.78 is 38.5. The average molecular weight is 276 g/mol. The number of alkyl halides is 2. The highest BCUT2D eigenvalue weighted by molar-refractivity contribution is 5.58. The standard InChI is InChI=1S/C15H11F3N2/c16-13-5-2-6-14(12(13)8-19)20-9-10-3-1-4-11(7-10)15(17)18/h1-7,15,20H,9H2. The van der Waals surface area contributed by atoms with Gasteiger partial charge in [0.05, 0.1) is 5.69 Å². The van der Waals surface area contributed by atoms with E-state index in [0.717, 1.165) is 0 Å². The SMILES string of the molecule is N#Cc1c(F)cccc1NCc1cccc(C(F)F)c1. The van der Waals surface area contributed by atoms with Gasteiger partial charge in [-0.1, -0.05) is 24.3 Å². The second kappa shape index (κ2) is 6.11. The molecule has 0 radical (unpaired) electrons. The van der Waals surface area contributed by atoms with E-state index in [-0.39, 0.29) is 17.7 Å². The Morgan fingerprint density at radius 2 is 1.90 bits per heavy atom. The Labute approximate surface area is 114 Å². The van der Waals surface area contributed by atoms with Crippen LogP contribution in [0.25, 0.3) is 0 Å². The van der Waals surface area contributed by atoms with Crippen LogP contribution in [0.2, 0.25) is 0 Å². The van der Waals surface area contributed by atoms with Crippen LogP contribution >= 0.6 is 0 Å². The minimum absolute atomic E-state index is 0.0657. The van der Waals surface area contributed by atoms with Gasteiger partial charge in [-0.05, 0) is 23.8 Å². The summed E-state index contributed by atoms with van der Waals surface area (Å²) in [5, 5.41) is 11.8. The molecule has 0 aliphatic carbocycles. The third kappa shape index (κ3) is 3.09. The predicted octanol–water partition coefficient (Wildman–Crippen LogP) is 4.25. The summed E-state index contributed by atoms with van der Waals surface area (Å²) in [6, 6.07) is 12.0. The van der Waals surface area contributed by atoms with Crippen LogP contribution < -0.4 is 5.32 Å². The molecular formula is C15H11F3N2. The van der Waals surface area contributed by atoms with E-state index in [1.807, 2.05) is 0 Å². The van der Waals surface area contributed by atoms with E-state index >= 15 is 0 Å². The molecule has 0 unspecified atom stereocenters. The number of rotatable bonds is 4. The number of nitrogens with one attached hydrogen (secondary N) is 1. The van der Waals surface area contributed by atoms with Crippen molar-refractivity contribution in [2.24, 2.45) is 0 Å². The van der Waals surface area contributed by atoms with Gasteiger partial charge in [0.15, 0.2) is 0 Å². The largest absolute Gasteiger partial charge is 0.380 e. The highest BCUT2D eigenvalue weighted by Gasteiger charge is 2.09. The fourth-order valence-electron chi connectivity index (χ4n) is 1.82. The number of anilines is 1. The van der Waals surface area contributed by atoms with Crippen LogP contribution in [0.4, 0.5) is 18.9 Å². The van der Waals surface area contributed by atoms with Crippen LogP contribution in [0, 0.1) is 17.1 Å². The second-order valence-electron chi connectivity index (χ2n) is 4.17. The molecule has 0 aliphatic heterocycles. The van der Waals surface area contributed by atoms with Crippen LogP contribution in [0.15, 0.2) is 42.5 Å². The molecule has 0 aromatic heterocycles. The summed E-state index contributed by atoms with van der Waals surface area (Å²) in [4.78, 5) is 0. The first-order valence-corrected chi connectivity index (χ1v) is 5.91. The molecule has 0 bridgehead atoms. The van der Waals surface area contributed by atoms with E-state index in [1.54, 1.807) is 18.2 Å². The molecule has 20 heavy (non-hydrogen) atoms. The maximum atomic E-state index is 13.4. The lowest BCUT2D eigenvalue weighted by atomic mass is 10.1. The minimum Gasteiger partial charge on any atom is -0.380 e. The van der Waals surface area contributed by atoms with Crippen molar-refractivity contribution in [1.82, 2.24) is 0 Å². The van der Waals surface area contributed by atoms with Gasteiger partial charge in [-0.2, -0.15) is 5.26 Å². The number of halogens is 3. The summed E-state index contributed by atoms with van der Waals surface area (Å²) in [6.45, 7) is 0.235. The van der Waals surface area contributed by atoms with Crippen molar-refractivity contribution in [2.45, 2.75) is 13.0 Å². The van der Waals surface area contributed by atoms with Crippen LogP contribution in [-0.4, -0.2) is 0 Å². The Morgan fingerprint density at radius 3 is 2.60 bits per heavy atom. The van der Waals surface area contributed by atoms with Gasteiger partial charge < -0.3 is 5.32 Å². The smallest absolute Gasteiger partial charge is 0.263 e. The molecule has 0 amide bonds. The van der Waals surface area contributed by atoms with Crippen LogP contribution in [-0.2, 0) is 6.54 Å². The van der Waals surface area contributed by atoms with E-state index in [9.17, 15) is 13.2 Å². The molecule has 0 saturated heterocycles. The lowest BCUT2D eigenvalue weighted by Crippen LogP contribution is -2.03. The Kier molecular flexibility index (Phi) is 4.26. The second-order valence-corrected chi connectivity index (χ2v) is 4.17. The number of hydrogen-bond acceptors (Lipinski definition) is 2. The highest BCUT2D eigenvalue weighted by Crippen LogP contribution is 2.21. The lowest BCUT2D eigenvalue weighted by molar-refractivity contribution is 0.151. The first kappa shape index (κ1) is 13.9. The molecule has 2 rings (SSSR count). The van der Waals surface area contributed by atoms with Gasteiger partial charge in [-0.15, -0.1) is 0 Å². The van der Waals surface area contributed by atoms with E-state index < -0.39 is 12.2 Å². The summed E-state index contributed by atoms with van der Waals surface area (Å²) in [7, 11) is 0. The maximum absolute atomic E-state index is 13.4. The summed E-state index contributed by atoms with van der Waals surface area (Å²) in [5.74, 6) is -0.612. The lowest BCUT2D eigenvalue weighted by Gasteiger charge is -2.09. The molecule has 2 aromatic carbocycles. The van der Waals surface area contributed by atoms with E-state index in [0.29, 0.717) is 11.3 Å². The van der Waals surface area contributed by atoms with Crippen molar-refractivity contribution in [3.63, 3.8) is 0 Å². The summed E-state index contributed by atoms with van der Waals surface area (Å²) in [5.41, 5.74) is 0.826. The molecule has 0 heterocycles. The van der Waals surface area contributed by atoms with Gasteiger partial charge in [0.2, 0.25) is 0 Å². The van der Waals surface area contributed by atoms with Crippen LogP contribution in [0.1, 0.15) is 23.1 Å². The molecule has 0 fully saturated rings. The summed E-state index contributed by atoms with van der Waals surface area (Å²) >= 11 is 0. The van der Waals surface area contributed by atoms with Gasteiger partial charge in [0.25, 0.3) is 6.43 Å². The van der Waals surface area contributed by atoms with Crippen molar-refractivity contribution < 1.29 is 13.2 Å². The molecular weight excluding hydrogens is 265 g/mol. The zero-order valence-corrected chi connectivity index (χ0v) is 10.4. The molecule has 5 heteroatoms. The topological polar surface area (TPSA) is 35.8 Å². The Balaban J connectivity index is 2.15. The highest BCUT2D eigenvalue weighted by atomic mass is 19.3. The van der Waals surface area contributed by atoms with Crippen molar-refractivity contribution in [2.75, 3.05) is 5.32 Å². The third-order valence-electron chi connectivity index (χ3n) is 2.81. The molecule has 0 saturated carbocycles. The third-order valence-corrected chi connectivity index (χ3v) is 2.81.